The summed E-state index contributed by atoms with van der Waals surface area (Å²) in [5, 5.41) is 9.14. The average Bonchev–Trinajstić information content (AvgIpc) is 3.29. The number of aliphatic hydroxyl groups excluding tert-OH is 1. The molecule has 3 fully saturated rings. The second-order valence-electron chi connectivity index (χ2n) is 15.0. The second-order valence-corrected chi connectivity index (χ2v) is 16.5. The van der Waals surface area contributed by atoms with Gasteiger partial charge in [0.05, 0.1) is 24.2 Å². The minimum Gasteiger partial charge on any atom is -0.394 e. The van der Waals surface area contributed by atoms with Crippen molar-refractivity contribution < 1.29 is 22.8 Å². The van der Waals surface area contributed by atoms with Crippen LogP contribution in [0.5, 0.6) is 0 Å². The van der Waals surface area contributed by atoms with Gasteiger partial charge in [-0.25, -0.2) is 0 Å². The first-order valence-electron chi connectivity index (χ1n) is 16.8. The Morgan fingerprint density at radius 3 is 2.33 bits per heavy atom. The zero-order valence-electron chi connectivity index (χ0n) is 27.1. The number of rotatable bonds is 9. The number of hydrogen-bond donors (Lipinski definition) is 2. The van der Waals surface area contributed by atoms with E-state index in [2.05, 4.69) is 40.7 Å². The zero-order valence-corrected chi connectivity index (χ0v) is 28.0. The van der Waals surface area contributed by atoms with Crippen molar-refractivity contribution in [1.29, 1.82) is 0 Å². The quantitative estimate of drug-likeness (QED) is 0.218. The van der Waals surface area contributed by atoms with Gasteiger partial charge in [0.25, 0.3) is 10.1 Å². The largest absolute Gasteiger partial charge is 0.394 e. The number of benzene rings is 1. The summed E-state index contributed by atoms with van der Waals surface area (Å²) in [4.78, 5) is -0.0666. The Balaban J connectivity index is 0.000000310. The molecule has 1 aromatic rings. The van der Waals surface area contributed by atoms with Gasteiger partial charge in [-0.2, -0.15) is 8.42 Å². The van der Waals surface area contributed by atoms with Crippen LogP contribution in [-0.4, -0.2) is 37.4 Å². The van der Waals surface area contributed by atoms with Gasteiger partial charge in [-0.05, 0) is 117 Å². The van der Waals surface area contributed by atoms with Gasteiger partial charge in [-0.15, -0.1) is 0 Å². The second kappa shape index (κ2) is 13.8. The van der Waals surface area contributed by atoms with E-state index in [1.54, 1.807) is 17.7 Å². The van der Waals surface area contributed by atoms with Crippen LogP contribution >= 0.6 is 0 Å². The topological polar surface area (TPSA) is 83.8 Å². The van der Waals surface area contributed by atoms with Gasteiger partial charge in [-0.3, -0.25) is 4.55 Å². The van der Waals surface area contributed by atoms with E-state index in [-0.39, 0.29) is 11.5 Å². The number of aryl methyl sites for hydroxylation is 1. The first-order valence-corrected chi connectivity index (χ1v) is 18.2. The highest BCUT2D eigenvalue weighted by atomic mass is 32.2. The first kappa shape index (κ1) is 33.7. The Hall–Kier alpha value is -1.21. The Morgan fingerprint density at radius 1 is 0.976 bits per heavy atom. The highest BCUT2D eigenvalue weighted by Gasteiger charge is 2.59. The number of fused-ring (bicyclic) bond motifs is 5. The van der Waals surface area contributed by atoms with Crippen LogP contribution in [0.25, 0.3) is 0 Å². The van der Waals surface area contributed by atoms with Crippen molar-refractivity contribution >= 4 is 10.1 Å². The Kier molecular flexibility index (Phi) is 11.1. The van der Waals surface area contributed by atoms with Crippen LogP contribution < -0.4 is 0 Å². The lowest BCUT2D eigenvalue weighted by atomic mass is 9.47. The van der Waals surface area contributed by atoms with E-state index in [0.29, 0.717) is 23.5 Å². The molecule has 4 aliphatic rings. The maximum absolute atomic E-state index is 10.5. The Labute approximate surface area is 256 Å². The maximum Gasteiger partial charge on any atom is 0.294 e. The van der Waals surface area contributed by atoms with Gasteiger partial charge in [0.2, 0.25) is 0 Å². The molecule has 8 atom stereocenters. The number of aliphatic hydroxyl groups is 1. The van der Waals surface area contributed by atoms with Crippen molar-refractivity contribution in [2.75, 3.05) is 13.2 Å². The van der Waals surface area contributed by atoms with Crippen molar-refractivity contribution in [2.45, 2.75) is 123 Å². The van der Waals surface area contributed by atoms with Crippen LogP contribution in [-0.2, 0) is 14.9 Å². The van der Waals surface area contributed by atoms with Gasteiger partial charge in [0.15, 0.2) is 0 Å². The SMILES string of the molecule is CC(C)CCC[C@@H](C)[C@H]1CC[C@H]2[C@@H]3CC=C4C[C@@H](OCCO)CC[C@]4(C)[C@H]3CC[C@]12C.Cc1ccc(S(=O)(=O)O)cc1. The van der Waals surface area contributed by atoms with Crippen LogP contribution in [0.4, 0.5) is 0 Å². The lowest BCUT2D eigenvalue weighted by Crippen LogP contribution is -2.51. The Morgan fingerprint density at radius 2 is 1.69 bits per heavy atom. The van der Waals surface area contributed by atoms with Crippen LogP contribution in [0.15, 0.2) is 40.8 Å². The summed E-state index contributed by atoms with van der Waals surface area (Å²) in [5.74, 6) is 5.44. The normalized spacial score (nSPS) is 34.9. The molecule has 0 amide bonds. The molecule has 42 heavy (non-hydrogen) atoms. The average molecular weight is 603 g/mol. The molecule has 0 spiro atoms. The van der Waals surface area contributed by atoms with Crippen molar-refractivity contribution in [2.24, 2.45) is 46.3 Å². The smallest absolute Gasteiger partial charge is 0.294 e. The number of ether oxygens (including phenoxy) is 1. The predicted molar refractivity (Wildman–Crippen MR) is 171 cm³/mol. The van der Waals surface area contributed by atoms with Gasteiger partial charge >= 0.3 is 0 Å². The predicted octanol–water partition coefficient (Wildman–Crippen LogP) is 8.65. The van der Waals surface area contributed by atoms with E-state index >= 15 is 0 Å². The fourth-order valence-corrected chi connectivity index (χ4v) is 10.2. The molecule has 6 heteroatoms. The molecule has 0 aliphatic heterocycles. The third-order valence-corrected chi connectivity index (χ3v) is 12.9. The highest BCUT2D eigenvalue weighted by Crippen LogP contribution is 2.67. The van der Waals surface area contributed by atoms with Crippen LogP contribution in [0, 0.1) is 53.3 Å². The third-order valence-electron chi connectivity index (χ3n) is 12.0. The van der Waals surface area contributed by atoms with Crippen LogP contribution in [0.1, 0.15) is 111 Å². The van der Waals surface area contributed by atoms with Gasteiger partial charge < -0.3 is 9.84 Å². The van der Waals surface area contributed by atoms with Gasteiger partial charge in [0.1, 0.15) is 0 Å². The molecule has 0 aromatic heterocycles. The molecule has 238 valence electrons. The minimum atomic E-state index is -4.02. The third kappa shape index (κ3) is 7.35. The standard InChI is InChI=1S/C29H50O2.C7H8O3S/c1-20(2)7-6-8-21(3)25-11-12-26-24-10-9-22-19-23(31-18-17-30)13-15-28(22,4)27(24)14-16-29(25,26)5;1-6-2-4-7(5-3-6)11(8,9)10/h9,20-21,23-27,30H,6-8,10-19H2,1-5H3;2-5H,1H3,(H,8,9,10)/t21-,23+,24+,25-,26+,27+,28+,29-;/m1./s1. The maximum atomic E-state index is 10.5. The van der Waals surface area contributed by atoms with Crippen LogP contribution in [0.2, 0.25) is 0 Å². The van der Waals surface area contributed by atoms with E-state index in [1.807, 2.05) is 6.92 Å². The molecule has 2 N–H and O–H groups in total. The van der Waals surface area contributed by atoms with Crippen molar-refractivity contribution in [3.8, 4) is 0 Å². The fraction of sp³-hybridized carbons (Fsp3) is 0.778. The van der Waals surface area contributed by atoms with Gasteiger partial charge in [-0.1, -0.05) is 83.2 Å². The van der Waals surface area contributed by atoms with E-state index in [9.17, 15) is 8.42 Å². The molecule has 0 saturated heterocycles. The molecule has 4 aliphatic carbocycles. The van der Waals surface area contributed by atoms with Crippen molar-refractivity contribution in [3.63, 3.8) is 0 Å². The molecular weight excluding hydrogens is 544 g/mol. The van der Waals surface area contributed by atoms with E-state index in [0.717, 1.165) is 47.5 Å². The molecule has 0 heterocycles. The summed E-state index contributed by atoms with van der Waals surface area (Å²) in [7, 11) is -4.02. The lowest BCUT2D eigenvalue weighted by molar-refractivity contribution is -0.0658. The fourth-order valence-electron chi connectivity index (χ4n) is 9.72. The molecule has 5 rings (SSSR count). The molecule has 5 nitrogen and oxygen atoms in total. The van der Waals surface area contributed by atoms with Crippen molar-refractivity contribution in [3.05, 3.63) is 41.5 Å². The highest BCUT2D eigenvalue weighted by molar-refractivity contribution is 7.85. The van der Waals surface area contributed by atoms with E-state index < -0.39 is 10.1 Å². The number of allylic oxidation sites excluding steroid dienone is 1. The molecule has 1 aromatic carbocycles. The summed E-state index contributed by atoms with van der Waals surface area (Å²) in [5.41, 5.74) is 3.65. The minimum absolute atomic E-state index is 0.0666. The first-order chi connectivity index (χ1) is 19.8. The zero-order chi connectivity index (χ0) is 30.7. The lowest BCUT2D eigenvalue weighted by Gasteiger charge is -2.58. The summed E-state index contributed by atoms with van der Waals surface area (Å²) >= 11 is 0. The summed E-state index contributed by atoms with van der Waals surface area (Å²) in [6.45, 7) is 15.1. The monoisotopic (exact) mass is 602 g/mol. The molecule has 0 unspecified atom stereocenters. The molecule has 0 bridgehead atoms. The van der Waals surface area contributed by atoms with Crippen LogP contribution in [0.3, 0.4) is 0 Å². The Bertz CT molecular complexity index is 1160. The summed E-state index contributed by atoms with van der Waals surface area (Å²) in [6.07, 6.45) is 18.0. The number of hydrogen-bond acceptors (Lipinski definition) is 4. The molecule has 0 radical (unpaired) electrons. The molecule has 3 saturated carbocycles. The van der Waals surface area contributed by atoms with Crippen molar-refractivity contribution in [1.82, 2.24) is 0 Å². The van der Waals surface area contributed by atoms with E-state index in [1.165, 1.54) is 76.3 Å². The molecular formula is C36H58O5S. The van der Waals surface area contributed by atoms with Gasteiger partial charge in [0, 0.05) is 0 Å². The summed E-state index contributed by atoms with van der Waals surface area (Å²) < 4.78 is 35.5. The summed E-state index contributed by atoms with van der Waals surface area (Å²) in [6, 6.07) is 5.99. The van der Waals surface area contributed by atoms with E-state index in [4.69, 9.17) is 14.4 Å².